The van der Waals surface area contributed by atoms with E-state index < -0.39 is 34.0 Å². The Balaban J connectivity index is 1.09. The van der Waals surface area contributed by atoms with Crippen molar-refractivity contribution in [3.63, 3.8) is 0 Å². The maximum absolute atomic E-state index is 13.3. The maximum Gasteiger partial charge on any atom is 0.291 e. The molecule has 0 radical (unpaired) electrons. The predicted octanol–water partition coefficient (Wildman–Crippen LogP) is 4.18. The first-order chi connectivity index (χ1) is 29.8. The lowest BCUT2D eigenvalue weighted by molar-refractivity contribution is 0.0909. The first-order valence-corrected chi connectivity index (χ1v) is 19.2. The Kier molecular flexibility index (Phi) is 15.4. The fourth-order valence-electron chi connectivity index (χ4n) is 5.84. The van der Waals surface area contributed by atoms with Crippen LogP contribution in [-0.2, 0) is 19.8 Å². The molecule has 0 aliphatic heterocycles. The van der Waals surface area contributed by atoms with Crippen molar-refractivity contribution < 1.29 is 41.8 Å². The highest BCUT2D eigenvalue weighted by atomic mass is 16.5. The van der Waals surface area contributed by atoms with Crippen LogP contribution in [-0.4, -0.2) is 61.9 Å². The quantitative estimate of drug-likeness (QED) is 0.0932. The fraction of sp³-hybridized carbons (Fsp3) is 0.200. The summed E-state index contributed by atoms with van der Waals surface area (Å²) in [5.74, 6) is -3.76. The molecule has 0 saturated carbocycles. The Morgan fingerprint density at radius 3 is 0.984 bits per heavy atom. The van der Waals surface area contributed by atoms with Crippen LogP contribution in [0.5, 0.6) is 17.2 Å². The van der Waals surface area contributed by atoms with Gasteiger partial charge in [0.05, 0.1) is 18.8 Å². The first kappa shape index (κ1) is 42.9. The second-order valence-electron chi connectivity index (χ2n) is 13.3. The van der Waals surface area contributed by atoms with Crippen molar-refractivity contribution in [1.82, 2.24) is 20.9 Å². The van der Waals surface area contributed by atoms with Crippen molar-refractivity contribution in [2.75, 3.05) is 39.3 Å². The summed E-state index contributed by atoms with van der Waals surface area (Å²) in [6, 6.07) is 30.8. The molecule has 6 rings (SSSR count). The number of amides is 3. The zero-order valence-corrected chi connectivity index (χ0v) is 32.8. The van der Waals surface area contributed by atoms with E-state index in [4.69, 9.17) is 27.5 Å². The third kappa shape index (κ3) is 12.4. The minimum absolute atomic E-state index is 0.0290. The Bertz CT molecular complexity index is 2280. The summed E-state index contributed by atoms with van der Waals surface area (Å²) in [5, 5.41) is 8.18. The molecular formula is C45H42N4O12. The number of hydrogen-bond acceptors (Lipinski definition) is 13. The molecule has 0 atom stereocenters. The van der Waals surface area contributed by atoms with E-state index in [-0.39, 0.29) is 93.6 Å². The highest BCUT2D eigenvalue weighted by Crippen LogP contribution is 2.17. The van der Waals surface area contributed by atoms with Gasteiger partial charge in [0.15, 0.2) is 0 Å². The number of ether oxygens (including phenoxy) is 3. The third-order valence-electron chi connectivity index (χ3n) is 8.94. The molecule has 0 bridgehead atoms. The van der Waals surface area contributed by atoms with Crippen LogP contribution in [0.3, 0.4) is 0 Å². The molecule has 16 heteroatoms. The summed E-state index contributed by atoms with van der Waals surface area (Å²) in [6.07, 6.45) is 3.30. The van der Waals surface area contributed by atoms with Crippen LogP contribution >= 0.6 is 0 Å². The summed E-state index contributed by atoms with van der Waals surface area (Å²) >= 11 is 0. The maximum atomic E-state index is 13.3. The molecule has 0 aliphatic carbocycles. The Morgan fingerprint density at radius 1 is 0.426 bits per heavy atom. The molecule has 61 heavy (non-hydrogen) atoms. The van der Waals surface area contributed by atoms with E-state index in [1.807, 2.05) is 95.9 Å². The molecule has 3 amide bonds. The lowest BCUT2D eigenvalue weighted by Gasteiger charge is -2.23. The van der Waals surface area contributed by atoms with Gasteiger partial charge in [0, 0.05) is 57.5 Å². The third-order valence-corrected chi connectivity index (χ3v) is 8.94. The predicted molar refractivity (Wildman–Crippen MR) is 221 cm³/mol. The van der Waals surface area contributed by atoms with Crippen LogP contribution in [0, 0.1) is 0 Å². The second kappa shape index (κ2) is 21.9. The molecule has 0 saturated heterocycles. The average molecular weight is 831 g/mol. The molecule has 314 valence electrons. The molecule has 0 spiro atoms. The van der Waals surface area contributed by atoms with Gasteiger partial charge in [-0.15, -0.1) is 0 Å². The first-order valence-electron chi connectivity index (χ1n) is 19.2. The fourth-order valence-corrected chi connectivity index (χ4v) is 5.84. The van der Waals surface area contributed by atoms with Crippen LogP contribution in [0.1, 0.15) is 48.4 Å². The van der Waals surface area contributed by atoms with Gasteiger partial charge in [-0.25, -0.2) is 0 Å². The van der Waals surface area contributed by atoms with Gasteiger partial charge in [0.2, 0.25) is 50.8 Å². The van der Waals surface area contributed by atoms with Gasteiger partial charge < -0.3 is 43.4 Å². The lowest BCUT2D eigenvalue weighted by atomic mass is 10.2. The summed E-state index contributed by atoms with van der Waals surface area (Å²) in [7, 11) is 0. The van der Waals surface area contributed by atoms with Crippen LogP contribution in [0.4, 0.5) is 0 Å². The molecule has 0 unspecified atom stereocenters. The smallest absolute Gasteiger partial charge is 0.291 e. The minimum Gasteiger partial charge on any atom is -0.481 e. The number of nitrogens with zero attached hydrogens (tertiary/aromatic N) is 1. The topological polar surface area (TPSA) is 209 Å². The average Bonchev–Trinajstić information content (AvgIpc) is 3.28. The van der Waals surface area contributed by atoms with Gasteiger partial charge in [-0.3, -0.25) is 33.7 Å². The van der Waals surface area contributed by atoms with Crippen molar-refractivity contribution in [2.45, 2.75) is 19.8 Å². The Morgan fingerprint density at radius 2 is 0.705 bits per heavy atom. The van der Waals surface area contributed by atoms with Gasteiger partial charge in [0.25, 0.3) is 17.7 Å². The highest BCUT2D eigenvalue weighted by molar-refractivity contribution is 5.95. The standard InChI is InChI=1S/C45H42N4O12/c50-34-16-25-56-40(37(34)59-28-31-10-4-1-5-11-31)43(53)46-19-22-49(23-20-47-44(54)41-38(35(51)17-26-57-41)60-29-32-12-6-2-7-13-32)24-21-48-45(55)42-39(36(52)18-27-58-42)61-30-33-14-8-3-9-15-33/h1-18,25-27H,19-24,28-30H2,(H,46,53)(H,47,54)(H,48,55). The second-order valence-corrected chi connectivity index (χ2v) is 13.3. The van der Waals surface area contributed by atoms with Gasteiger partial charge in [-0.2, -0.15) is 0 Å². The van der Waals surface area contributed by atoms with Crippen LogP contribution in [0.25, 0.3) is 0 Å². The molecule has 0 aliphatic rings. The highest BCUT2D eigenvalue weighted by Gasteiger charge is 2.22. The van der Waals surface area contributed by atoms with Crippen LogP contribution in [0.15, 0.2) is 156 Å². The van der Waals surface area contributed by atoms with Crippen LogP contribution in [0.2, 0.25) is 0 Å². The normalized spacial score (nSPS) is 10.8. The summed E-state index contributed by atoms with van der Waals surface area (Å²) in [4.78, 5) is 79.7. The SMILES string of the molecule is O=C(NCCN(CCNC(=O)c1occc(=O)c1OCc1ccccc1)CCNC(=O)c1occc(=O)c1OCc1ccccc1)c1occc(=O)c1OCc1ccccc1. The molecule has 6 aromatic rings. The van der Waals surface area contributed by atoms with Crippen molar-refractivity contribution in [3.05, 3.63) is 193 Å². The van der Waals surface area contributed by atoms with E-state index in [1.54, 1.807) is 0 Å². The zero-order valence-electron chi connectivity index (χ0n) is 32.8. The largest absolute Gasteiger partial charge is 0.481 e. The number of benzene rings is 3. The molecular weight excluding hydrogens is 789 g/mol. The molecule has 0 fully saturated rings. The Labute approximate surface area is 348 Å². The van der Waals surface area contributed by atoms with Gasteiger partial charge >= 0.3 is 0 Å². The van der Waals surface area contributed by atoms with E-state index in [1.165, 1.54) is 0 Å². The molecule has 16 nitrogen and oxygen atoms in total. The number of nitrogens with one attached hydrogen (secondary N) is 3. The summed E-state index contributed by atoms with van der Waals surface area (Å²) < 4.78 is 33.3. The number of carbonyl (C=O) groups is 3. The van der Waals surface area contributed by atoms with Gasteiger partial charge in [-0.1, -0.05) is 91.0 Å². The monoisotopic (exact) mass is 830 g/mol. The van der Waals surface area contributed by atoms with Gasteiger partial charge in [-0.05, 0) is 16.7 Å². The lowest BCUT2D eigenvalue weighted by Crippen LogP contribution is -2.43. The molecule has 3 heterocycles. The zero-order chi connectivity index (χ0) is 42.8. The van der Waals surface area contributed by atoms with E-state index in [0.717, 1.165) is 53.7 Å². The van der Waals surface area contributed by atoms with Gasteiger partial charge in [0.1, 0.15) is 19.8 Å². The molecule has 3 aromatic carbocycles. The molecule has 3 aromatic heterocycles. The van der Waals surface area contributed by atoms with Crippen molar-refractivity contribution in [2.24, 2.45) is 0 Å². The minimum atomic E-state index is -0.702. The van der Waals surface area contributed by atoms with E-state index >= 15 is 0 Å². The number of carbonyl (C=O) groups excluding carboxylic acids is 3. The molecule has 3 N–H and O–H groups in total. The van der Waals surface area contributed by atoms with E-state index in [9.17, 15) is 28.8 Å². The van der Waals surface area contributed by atoms with Crippen molar-refractivity contribution >= 4 is 17.7 Å². The van der Waals surface area contributed by atoms with Crippen molar-refractivity contribution in [1.29, 1.82) is 0 Å². The van der Waals surface area contributed by atoms with Crippen molar-refractivity contribution in [3.8, 4) is 17.2 Å². The summed E-state index contributed by atoms with van der Waals surface area (Å²) in [6.45, 7) is 0.753. The number of hydrogen-bond donors (Lipinski definition) is 3. The summed E-state index contributed by atoms with van der Waals surface area (Å²) in [5.41, 5.74) is 0.733. The Hall–Kier alpha value is -7.72. The number of rotatable bonds is 21. The van der Waals surface area contributed by atoms with E-state index in [0.29, 0.717) is 0 Å². The van der Waals surface area contributed by atoms with Crippen LogP contribution < -0.4 is 46.4 Å². The van der Waals surface area contributed by atoms with E-state index in [2.05, 4.69) is 16.0 Å².